The van der Waals surface area contributed by atoms with E-state index in [9.17, 15) is 10.1 Å². The molecule has 0 fully saturated rings. The third-order valence-corrected chi connectivity index (χ3v) is 1.93. The summed E-state index contributed by atoms with van der Waals surface area (Å²) in [7, 11) is 1.33. The normalized spacial score (nSPS) is 12.2. The van der Waals surface area contributed by atoms with Crippen LogP contribution in [0, 0.1) is 10.1 Å². The molecule has 1 rings (SSSR count). The standard InChI is InChI=1S/C10H15N3O4/c1-7(11)5-17-6-8-3-9(13(14)15)10(16-2)12-4-8/h3-4,7H,5-6,11H2,1-2H3/t7-/m1/s1. The van der Waals surface area contributed by atoms with Crippen molar-refractivity contribution in [3.8, 4) is 5.88 Å². The fourth-order valence-electron chi connectivity index (χ4n) is 1.21. The van der Waals surface area contributed by atoms with Crippen molar-refractivity contribution in [1.82, 2.24) is 4.98 Å². The van der Waals surface area contributed by atoms with Gasteiger partial charge in [0.25, 0.3) is 5.88 Å². The first-order chi connectivity index (χ1) is 8.04. The molecule has 1 heterocycles. The number of hydrogen-bond donors (Lipinski definition) is 1. The van der Waals surface area contributed by atoms with Crippen molar-refractivity contribution < 1.29 is 14.4 Å². The summed E-state index contributed by atoms with van der Waals surface area (Å²) in [6.07, 6.45) is 1.48. The second-order valence-electron chi connectivity index (χ2n) is 3.62. The van der Waals surface area contributed by atoms with Gasteiger partial charge >= 0.3 is 5.69 Å². The largest absolute Gasteiger partial charge is 0.476 e. The van der Waals surface area contributed by atoms with E-state index in [0.29, 0.717) is 12.2 Å². The van der Waals surface area contributed by atoms with E-state index in [1.807, 2.05) is 6.92 Å². The molecule has 0 unspecified atom stereocenters. The lowest BCUT2D eigenvalue weighted by atomic mass is 10.2. The van der Waals surface area contributed by atoms with E-state index in [-0.39, 0.29) is 24.2 Å². The highest BCUT2D eigenvalue weighted by Crippen LogP contribution is 2.24. The van der Waals surface area contributed by atoms with Crippen molar-refractivity contribution in [3.05, 3.63) is 27.9 Å². The van der Waals surface area contributed by atoms with E-state index >= 15 is 0 Å². The zero-order valence-electron chi connectivity index (χ0n) is 9.75. The molecule has 2 N–H and O–H groups in total. The minimum Gasteiger partial charge on any atom is -0.476 e. The molecule has 7 heteroatoms. The van der Waals surface area contributed by atoms with Crippen molar-refractivity contribution in [2.45, 2.75) is 19.6 Å². The van der Waals surface area contributed by atoms with Crippen LogP contribution in [0.1, 0.15) is 12.5 Å². The van der Waals surface area contributed by atoms with Gasteiger partial charge in [0.1, 0.15) is 0 Å². The molecular weight excluding hydrogens is 226 g/mol. The number of aromatic nitrogens is 1. The topological polar surface area (TPSA) is 101 Å². The summed E-state index contributed by atoms with van der Waals surface area (Å²) in [4.78, 5) is 14.0. The van der Waals surface area contributed by atoms with Gasteiger partial charge in [0.15, 0.2) is 0 Å². The summed E-state index contributed by atoms with van der Waals surface area (Å²) in [5.41, 5.74) is 5.95. The van der Waals surface area contributed by atoms with Crippen molar-refractivity contribution in [2.24, 2.45) is 5.73 Å². The Morgan fingerprint density at radius 2 is 2.35 bits per heavy atom. The first-order valence-corrected chi connectivity index (χ1v) is 5.05. The van der Waals surface area contributed by atoms with Crippen molar-refractivity contribution >= 4 is 5.69 Å². The van der Waals surface area contributed by atoms with Gasteiger partial charge in [-0.15, -0.1) is 0 Å². The Bertz CT molecular complexity index is 395. The molecule has 0 saturated carbocycles. The van der Waals surface area contributed by atoms with Crippen molar-refractivity contribution in [3.63, 3.8) is 0 Å². The van der Waals surface area contributed by atoms with Crippen molar-refractivity contribution in [1.29, 1.82) is 0 Å². The zero-order valence-corrected chi connectivity index (χ0v) is 9.75. The first kappa shape index (κ1) is 13.3. The minimum absolute atomic E-state index is 0.00839. The first-order valence-electron chi connectivity index (χ1n) is 5.05. The average molecular weight is 241 g/mol. The Balaban J connectivity index is 2.74. The van der Waals surface area contributed by atoms with Crippen LogP contribution in [0.3, 0.4) is 0 Å². The fraction of sp³-hybridized carbons (Fsp3) is 0.500. The maximum absolute atomic E-state index is 10.7. The Kier molecular flexibility index (Phi) is 4.80. The number of pyridine rings is 1. The Hall–Kier alpha value is -1.73. The molecule has 0 radical (unpaired) electrons. The maximum Gasteiger partial charge on any atom is 0.331 e. The van der Waals surface area contributed by atoms with Crippen LogP contribution in [0.2, 0.25) is 0 Å². The molecule has 0 amide bonds. The quantitative estimate of drug-likeness (QED) is 0.585. The highest BCUT2D eigenvalue weighted by atomic mass is 16.6. The summed E-state index contributed by atoms with van der Waals surface area (Å²) in [5, 5.41) is 10.7. The van der Waals surface area contributed by atoms with Crippen LogP contribution in [0.25, 0.3) is 0 Å². The van der Waals surface area contributed by atoms with Gasteiger partial charge in [0, 0.05) is 23.9 Å². The number of methoxy groups -OCH3 is 1. The van der Waals surface area contributed by atoms with Crippen LogP contribution in [0.4, 0.5) is 5.69 Å². The van der Waals surface area contributed by atoms with Gasteiger partial charge < -0.3 is 15.2 Å². The van der Waals surface area contributed by atoms with Crippen LogP contribution in [0.15, 0.2) is 12.3 Å². The van der Waals surface area contributed by atoms with E-state index in [2.05, 4.69) is 4.98 Å². The molecule has 1 aromatic heterocycles. The molecule has 7 nitrogen and oxygen atoms in total. The summed E-state index contributed by atoms with van der Waals surface area (Å²) < 4.78 is 10.1. The van der Waals surface area contributed by atoms with Gasteiger partial charge in [-0.05, 0) is 6.92 Å². The predicted molar refractivity (Wildman–Crippen MR) is 60.7 cm³/mol. The summed E-state index contributed by atoms with van der Waals surface area (Å²) >= 11 is 0. The zero-order chi connectivity index (χ0) is 12.8. The van der Waals surface area contributed by atoms with Crippen LogP contribution >= 0.6 is 0 Å². The van der Waals surface area contributed by atoms with E-state index < -0.39 is 4.92 Å². The van der Waals surface area contributed by atoms with E-state index in [4.69, 9.17) is 15.2 Å². The number of nitrogens with zero attached hydrogens (tertiary/aromatic N) is 2. The van der Waals surface area contributed by atoms with E-state index in [0.717, 1.165) is 0 Å². The van der Waals surface area contributed by atoms with Crippen LogP contribution in [0.5, 0.6) is 5.88 Å². The van der Waals surface area contributed by atoms with Gasteiger partial charge in [-0.2, -0.15) is 0 Å². The molecule has 0 aliphatic carbocycles. The van der Waals surface area contributed by atoms with Crippen LogP contribution < -0.4 is 10.5 Å². The third kappa shape index (κ3) is 3.97. The number of nitro groups is 1. The number of hydrogen-bond acceptors (Lipinski definition) is 6. The molecule has 0 bridgehead atoms. The molecule has 94 valence electrons. The van der Waals surface area contributed by atoms with Gasteiger partial charge in [-0.25, -0.2) is 4.98 Å². The Labute approximate surface area is 98.7 Å². The lowest BCUT2D eigenvalue weighted by Gasteiger charge is -2.07. The smallest absolute Gasteiger partial charge is 0.331 e. The maximum atomic E-state index is 10.7. The lowest BCUT2D eigenvalue weighted by Crippen LogP contribution is -2.21. The Morgan fingerprint density at radius 1 is 1.65 bits per heavy atom. The molecule has 1 aromatic rings. The molecular formula is C10H15N3O4. The second-order valence-corrected chi connectivity index (χ2v) is 3.62. The number of ether oxygens (including phenoxy) is 2. The van der Waals surface area contributed by atoms with Crippen molar-refractivity contribution in [2.75, 3.05) is 13.7 Å². The fourth-order valence-corrected chi connectivity index (χ4v) is 1.21. The SMILES string of the molecule is COc1ncc(COC[C@@H](C)N)cc1[N+](=O)[O-]. The summed E-state index contributed by atoms with van der Waals surface area (Å²) in [5.74, 6) is -0.00839. The predicted octanol–water partition coefficient (Wildman–Crippen LogP) is 0.862. The summed E-state index contributed by atoms with van der Waals surface area (Å²) in [6, 6.07) is 1.31. The highest BCUT2D eigenvalue weighted by molar-refractivity contribution is 5.42. The third-order valence-electron chi connectivity index (χ3n) is 1.93. The summed E-state index contributed by atoms with van der Waals surface area (Å²) in [6.45, 7) is 2.44. The number of nitrogens with two attached hydrogens (primary N) is 1. The second kappa shape index (κ2) is 6.12. The molecule has 1 atom stereocenters. The molecule has 0 saturated heterocycles. The molecule has 0 aliphatic heterocycles. The molecule has 17 heavy (non-hydrogen) atoms. The van der Waals surface area contributed by atoms with Gasteiger partial charge in [0.05, 0.1) is 25.2 Å². The molecule has 0 aliphatic rings. The monoisotopic (exact) mass is 241 g/mol. The van der Waals surface area contributed by atoms with E-state index in [1.165, 1.54) is 19.4 Å². The average Bonchev–Trinajstić information content (AvgIpc) is 2.28. The molecule has 0 spiro atoms. The minimum atomic E-state index is -0.541. The van der Waals surface area contributed by atoms with Gasteiger partial charge in [0.2, 0.25) is 0 Å². The lowest BCUT2D eigenvalue weighted by molar-refractivity contribution is -0.386. The van der Waals surface area contributed by atoms with Crippen LogP contribution in [-0.4, -0.2) is 29.7 Å². The highest BCUT2D eigenvalue weighted by Gasteiger charge is 2.16. The van der Waals surface area contributed by atoms with Gasteiger partial charge in [-0.1, -0.05) is 0 Å². The number of rotatable bonds is 6. The van der Waals surface area contributed by atoms with E-state index in [1.54, 1.807) is 0 Å². The van der Waals surface area contributed by atoms with Gasteiger partial charge in [-0.3, -0.25) is 10.1 Å². The molecule has 0 aromatic carbocycles. The Morgan fingerprint density at radius 3 is 2.88 bits per heavy atom. The van der Waals surface area contributed by atoms with Crippen LogP contribution in [-0.2, 0) is 11.3 Å².